The molecule has 9 nitrogen and oxygen atoms in total. The Morgan fingerprint density at radius 3 is 2.36 bits per heavy atom. The zero-order valence-electron chi connectivity index (χ0n) is 25.7. The van der Waals surface area contributed by atoms with E-state index >= 15 is 0 Å². The highest BCUT2D eigenvalue weighted by Gasteiger charge is 2.25. The Balaban J connectivity index is 1.03. The van der Waals surface area contributed by atoms with Crippen LogP contribution in [0.15, 0.2) is 79.1 Å². The number of imidazole rings is 1. The summed E-state index contributed by atoms with van der Waals surface area (Å²) in [6.07, 6.45) is 4.52. The van der Waals surface area contributed by atoms with Gasteiger partial charge in [0.05, 0.1) is 28.7 Å². The van der Waals surface area contributed by atoms with Crippen molar-refractivity contribution in [3.63, 3.8) is 0 Å². The Bertz CT molecular complexity index is 1770. The van der Waals surface area contributed by atoms with Gasteiger partial charge in [0, 0.05) is 35.8 Å². The lowest BCUT2D eigenvalue weighted by Gasteiger charge is -2.32. The minimum absolute atomic E-state index is 0.0743. The number of hydrogen-bond acceptors (Lipinski definition) is 4. The smallest absolute Gasteiger partial charge is 0.324 e. The van der Waals surface area contributed by atoms with Crippen molar-refractivity contribution in [2.45, 2.75) is 52.4 Å². The number of nitrogens with zero attached hydrogens (tertiary/aromatic N) is 4. The Morgan fingerprint density at radius 1 is 0.932 bits per heavy atom. The molecule has 1 aliphatic heterocycles. The van der Waals surface area contributed by atoms with E-state index in [4.69, 9.17) is 5.10 Å². The third-order valence-corrected chi connectivity index (χ3v) is 8.30. The molecule has 3 aromatic carbocycles. The Labute approximate surface area is 257 Å². The van der Waals surface area contributed by atoms with Gasteiger partial charge in [-0.2, -0.15) is 5.10 Å². The van der Waals surface area contributed by atoms with Gasteiger partial charge in [0.1, 0.15) is 5.82 Å². The molecule has 0 radical (unpaired) electrons. The number of aromatic nitrogens is 4. The van der Waals surface area contributed by atoms with E-state index < -0.39 is 0 Å². The molecular formula is C35H39N7O2. The molecule has 1 saturated heterocycles. The van der Waals surface area contributed by atoms with Gasteiger partial charge >= 0.3 is 6.03 Å². The van der Waals surface area contributed by atoms with Crippen molar-refractivity contribution in [2.24, 2.45) is 5.92 Å². The van der Waals surface area contributed by atoms with Crippen LogP contribution in [0.25, 0.3) is 16.7 Å². The van der Waals surface area contributed by atoms with E-state index in [1.54, 1.807) is 11.0 Å². The zero-order valence-corrected chi connectivity index (χ0v) is 25.7. The number of carbonyl (C=O) groups excluding carboxylic acids is 2. The van der Waals surface area contributed by atoms with Crippen LogP contribution in [-0.4, -0.2) is 49.7 Å². The summed E-state index contributed by atoms with van der Waals surface area (Å²) >= 11 is 0. The fourth-order valence-corrected chi connectivity index (χ4v) is 5.65. The van der Waals surface area contributed by atoms with Gasteiger partial charge in [-0.1, -0.05) is 50.6 Å². The SMILES string of the molecule is Cc1ccc(-n2nc(C(C)(C)C)cc2NC(=O)Nc2ccc(CC3CCN(C(=O)c4ccc5nc[nH]c5c4)CC3)cc2)cc1. The highest BCUT2D eigenvalue weighted by molar-refractivity contribution is 5.99. The van der Waals surface area contributed by atoms with Crippen molar-refractivity contribution in [3.8, 4) is 5.69 Å². The molecule has 0 saturated carbocycles. The van der Waals surface area contributed by atoms with Crippen molar-refractivity contribution < 1.29 is 9.59 Å². The number of anilines is 2. The highest BCUT2D eigenvalue weighted by Crippen LogP contribution is 2.27. The summed E-state index contributed by atoms with van der Waals surface area (Å²) in [4.78, 5) is 35.4. The van der Waals surface area contributed by atoms with E-state index in [-0.39, 0.29) is 17.4 Å². The lowest BCUT2D eigenvalue weighted by atomic mass is 9.90. The molecule has 0 unspecified atom stereocenters. The molecule has 226 valence electrons. The summed E-state index contributed by atoms with van der Waals surface area (Å²) in [6.45, 7) is 9.85. The molecule has 0 bridgehead atoms. The number of aromatic amines is 1. The molecule has 0 atom stereocenters. The number of hydrogen-bond donors (Lipinski definition) is 3. The van der Waals surface area contributed by atoms with Gasteiger partial charge in [-0.25, -0.2) is 14.5 Å². The number of likely N-dealkylation sites (tertiary alicyclic amines) is 1. The molecule has 0 spiro atoms. The van der Waals surface area contributed by atoms with Gasteiger partial charge in [-0.05, 0) is 80.1 Å². The fourth-order valence-electron chi connectivity index (χ4n) is 5.65. The minimum Gasteiger partial charge on any atom is -0.345 e. The molecule has 44 heavy (non-hydrogen) atoms. The van der Waals surface area contributed by atoms with E-state index in [0.717, 1.165) is 66.0 Å². The fraction of sp³-hybridized carbons (Fsp3) is 0.314. The predicted molar refractivity (Wildman–Crippen MR) is 175 cm³/mol. The zero-order chi connectivity index (χ0) is 30.8. The van der Waals surface area contributed by atoms with Crippen molar-refractivity contribution >= 4 is 34.5 Å². The van der Waals surface area contributed by atoms with Crippen molar-refractivity contribution in [2.75, 3.05) is 23.7 Å². The molecule has 0 aliphatic carbocycles. The molecule has 6 rings (SSSR count). The van der Waals surface area contributed by atoms with Crippen LogP contribution in [0.3, 0.4) is 0 Å². The second-order valence-corrected chi connectivity index (χ2v) is 12.8. The minimum atomic E-state index is -0.324. The van der Waals surface area contributed by atoms with E-state index in [1.807, 2.05) is 72.5 Å². The maximum Gasteiger partial charge on any atom is 0.324 e. The van der Waals surface area contributed by atoms with E-state index in [9.17, 15) is 9.59 Å². The second-order valence-electron chi connectivity index (χ2n) is 12.8. The Kier molecular flexibility index (Phi) is 7.95. The van der Waals surface area contributed by atoms with Crippen LogP contribution in [0.1, 0.15) is 60.8 Å². The van der Waals surface area contributed by atoms with Gasteiger partial charge < -0.3 is 15.2 Å². The molecule has 1 fully saturated rings. The topological polar surface area (TPSA) is 108 Å². The number of H-pyrrole nitrogens is 1. The average molecular weight is 590 g/mol. The molecule has 5 aromatic rings. The van der Waals surface area contributed by atoms with Crippen molar-refractivity contribution in [1.29, 1.82) is 0 Å². The number of urea groups is 1. The molecule has 3 N–H and O–H groups in total. The number of rotatable bonds is 6. The summed E-state index contributed by atoms with van der Waals surface area (Å²) in [7, 11) is 0. The molecule has 1 aliphatic rings. The lowest BCUT2D eigenvalue weighted by molar-refractivity contribution is 0.0690. The number of nitrogens with one attached hydrogen (secondary N) is 3. The molecular weight excluding hydrogens is 550 g/mol. The number of fused-ring (bicyclic) bond motifs is 1. The maximum atomic E-state index is 13.1. The van der Waals surface area contributed by atoms with Crippen molar-refractivity contribution in [1.82, 2.24) is 24.6 Å². The van der Waals surface area contributed by atoms with Gasteiger partial charge in [0.25, 0.3) is 5.91 Å². The number of amides is 3. The van der Waals surface area contributed by atoms with Crippen LogP contribution >= 0.6 is 0 Å². The summed E-state index contributed by atoms with van der Waals surface area (Å²) in [6, 6.07) is 23.3. The quantitative estimate of drug-likeness (QED) is 0.196. The van der Waals surface area contributed by atoms with Crippen LogP contribution in [0.4, 0.5) is 16.3 Å². The van der Waals surface area contributed by atoms with Crippen LogP contribution in [-0.2, 0) is 11.8 Å². The van der Waals surface area contributed by atoms with Crippen LogP contribution in [0, 0.1) is 12.8 Å². The third-order valence-electron chi connectivity index (χ3n) is 8.30. The number of aryl methyl sites for hydroxylation is 1. The summed E-state index contributed by atoms with van der Waals surface area (Å²) in [5.41, 5.74) is 7.15. The first kappa shape index (κ1) is 29.2. The normalized spacial score (nSPS) is 14.1. The number of carbonyl (C=O) groups is 2. The van der Waals surface area contributed by atoms with Crippen molar-refractivity contribution in [3.05, 3.63) is 102 Å². The first-order valence-electron chi connectivity index (χ1n) is 15.2. The first-order chi connectivity index (χ1) is 21.1. The van der Waals surface area contributed by atoms with E-state index in [0.29, 0.717) is 17.3 Å². The lowest BCUT2D eigenvalue weighted by Crippen LogP contribution is -2.38. The molecule has 3 amide bonds. The van der Waals surface area contributed by atoms with Gasteiger partial charge in [-0.15, -0.1) is 0 Å². The summed E-state index contributed by atoms with van der Waals surface area (Å²) in [5, 5.41) is 10.7. The van der Waals surface area contributed by atoms with E-state index in [1.165, 1.54) is 5.56 Å². The molecule has 2 aromatic heterocycles. The van der Waals surface area contributed by atoms with Crippen LogP contribution < -0.4 is 10.6 Å². The van der Waals surface area contributed by atoms with Gasteiger partial charge in [-0.3, -0.25) is 10.1 Å². The van der Waals surface area contributed by atoms with Gasteiger partial charge in [0.2, 0.25) is 0 Å². The molecule has 3 heterocycles. The Hall–Kier alpha value is -4.92. The summed E-state index contributed by atoms with van der Waals surface area (Å²) in [5.74, 6) is 1.19. The Morgan fingerprint density at radius 2 is 1.66 bits per heavy atom. The van der Waals surface area contributed by atoms with Gasteiger partial charge in [0.15, 0.2) is 0 Å². The average Bonchev–Trinajstić information content (AvgIpc) is 3.66. The predicted octanol–water partition coefficient (Wildman–Crippen LogP) is 7.09. The summed E-state index contributed by atoms with van der Waals surface area (Å²) < 4.78 is 1.78. The molecule has 9 heteroatoms. The van der Waals surface area contributed by atoms with E-state index in [2.05, 4.69) is 53.5 Å². The maximum absolute atomic E-state index is 13.1. The standard InChI is InChI=1S/C35H39N7O2/c1-23-5-12-28(13-6-23)42-32(21-31(40-42)35(2,3)4)39-34(44)38-27-10-7-24(8-11-27)19-25-15-17-41(18-16-25)33(43)26-9-14-29-30(20-26)37-22-36-29/h5-14,20-22,25H,15-19H2,1-4H3,(H,36,37)(H2,38,39,44). The van der Waals surface area contributed by atoms with Crippen LogP contribution in [0.5, 0.6) is 0 Å². The van der Waals surface area contributed by atoms with Crippen LogP contribution in [0.2, 0.25) is 0 Å². The first-order valence-corrected chi connectivity index (χ1v) is 15.2. The monoisotopic (exact) mass is 589 g/mol. The largest absolute Gasteiger partial charge is 0.345 e. The number of benzene rings is 3. The third kappa shape index (κ3) is 6.51. The highest BCUT2D eigenvalue weighted by atomic mass is 16.2. The number of piperidine rings is 1. The second kappa shape index (κ2) is 12.0.